The third kappa shape index (κ3) is 3.36. The third-order valence-corrected chi connectivity index (χ3v) is 5.77. The van der Waals surface area contributed by atoms with Crippen LogP contribution in [0.1, 0.15) is 23.5 Å². The van der Waals surface area contributed by atoms with E-state index in [1.54, 1.807) is 42.7 Å². The van der Waals surface area contributed by atoms with Gasteiger partial charge in [0.15, 0.2) is 11.5 Å². The summed E-state index contributed by atoms with van der Waals surface area (Å²) in [5.41, 5.74) is 1.89. The number of methoxy groups -OCH3 is 2. The standard InChI is InChI=1S/C25H19NO7/c1-30-18-4-3-14(9-19(18)31-2)16-12-32-25-22-15(13-5-7-26-8-6-13)10-21(28)33-20(22)11-17(27)23(25)24(16)29/h3-9,11-12,15,27H,10H2,1-2H3/t15-/m0/s1. The van der Waals surface area contributed by atoms with Crippen LogP contribution in [0.25, 0.3) is 22.1 Å². The number of hydrogen-bond donors (Lipinski definition) is 1. The number of carbonyl (C=O) groups excluding carboxylic acids is 1. The average molecular weight is 445 g/mol. The number of ether oxygens (including phenoxy) is 3. The van der Waals surface area contributed by atoms with Gasteiger partial charge in [-0.1, -0.05) is 6.07 Å². The second-order valence-electron chi connectivity index (χ2n) is 7.57. The Morgan fingerprint density at radius 1 is 1.03 bits per heavy atom. The van der Waals surface area contributed by atoms with Gasteiger partial charge in [-0.25, -0.2) is 0 Å². The van der Waals surface area contributed by atoms with Crippen LogP contribution in [0, 0.1) is 0 Å². The molecule has 1 aliphatic heterocycles. The molecule has 0 fully saturated rings. The molecule has 1 atom stereocenters. The van der Waals surface area contributed by atoms with Gasteiger partial charge in [-0.15, -0.1) is 0 Å². The molecule has 8 nitrogen and oxygen atoms in total. The van der Waals surface area contributed by atoms with Crippen molar-refractivity contribution in [2.24, 2.45) is 0 Å². The molecule has 3 heterocycles. The Labute approximate surface area is 188 Å². The molecule has 0 amide bonds. The van der Waals surface area contributed by atoms with E-state index in [0.717, 1.165) is 5.56 Å². The SMILES string of the molecule is COc1ccc(-c2coc3c4c(cc(O)c3c2=O)OC(=O)C[C@H]4c2ccncc2)cc1OC. The first-order valence-corrected chi connectivity index (χ1v) is 10.2. The number of benzene rings is 2. The summed E-state index contributed by atoms with van der Waals surface area (Å²) >= 11 is 0. The van der Waals surface area contributed by atoms with E-state index >= 15 is 0 Å². The van der Waals surface area contributed by atoms with E-state index in [9.17, 15) is 14.7 Å². The third-order valence-electron chi connectivity index (χ3n) is 5.77. The highest BCUT2D eigenvalue weighted by Gasteiger charge is 2.33. The lowest BCUT2D eigenvalue weighted by Gasteiger charge is -2.25. The van der Waals surface area contributed by atoms with Crippen LogP contribution >= 0.6 is 0 Å². The van der Waals surface area contributed by atoms with E-state index in [-0.39, 0.29) is 34.5 Å². The Bertz CT molecular complexity index is 1440. The van der Waals surface area contributed by atoms with Crippen molar-refractivity contribution in [1.29, 1.82) is 0 Å². The van der Waals surface area contributed by atoms with Crippen molar-refractivity contribution >= 4 is 16.9 Å². The molecule has 0 saturated carbocycles. The monoisotopic (exact) mass is 445 g/mol. The maximum atomic E-state index is 13.5. The molecule has 1 aliphatic rings. The molecule has 0 radical (unpaired) electrons. The molecule has 2 aromatic carbocycles. The molecule has 0 aliphatic carbocycles. The Hall–Kier alpha value is -4.33. The number of esters is 1. The zero-order valence-electron chi connectivity index (χ0n) is 17.8. The summed E-state index contributed by atoms with van der Waals surface area (Å²) in [6, 6.07) is 9.93. The van der Waals surface area contributed by atoms with Crippen molar-refractivity contribution in [3.63, 3.8) is 0 Å². The second-order valence-corrected chi connectivity index (χ2v) is 7.57. The molecule has 0 unspecified atom stereocenters. The van der Waals surface area contributed by atoms with Gasteiger partial charge in [0.2, 0.25) is 5.43 Å². The van der Waals surface area contributed by atoms with Crippen molar-refractivity contribution in [2.75, 3.05) is 14.2 Å². The number of fused-ring (bicyclic) bond motifs is 3. The Morgan fingerprint density at radius 3 is 2.52 bits per heavy atom. The van der Waals surface area contributed by atoms with E-state index in [1.807, 2.05) is 0 Å². The number of aromatic nitrogens is 1. The van der Waals surface area contributed by atoms with Crippen molar-refractivity contribution in [1.82, 2.24) is 4.98 Å². The summed E-state index contributed by atoms with van der Waals surface area (Å²) in [5.74, 6) is -0.0444. The number of nitrogens with zero attached hydrogens (tertiary/aromatic N) is 1. The Kier molecular flexibility index (Phi) is 4.97. The molecule has 1 N–H and O–H groups in total. The van der Waals surface area contributed by atoms with Crippen LogP contribution in [-0.4, -0.2) is 30.3 Å². The minimum Gasteiger partial charge on any atom is -0.507 e. The number of rotatable bonds is 4. The minimum atomic E-state index is -0.438. The zero-order chi connectivity index (χ0) is 23.1. The van der Waals surface area contributed by atoms with Gasteiger partial charge in [0.25, 0.3) is 0 Å². The molecular weight excluding hydrogens is 426 g/mol. The quantitative estimate of drug-likeness (QED) is 0.371. The molecule has 33 heavy (non-hydrogen) atoms. The highest BCUT2D eigenvalue weighted by molar-refractivity contribution is 5.94. The van der Waals surface area contributed by atoms with Gasteiger partial charge in [-0.05, 0) is 35.4 Å². The Morgan fingerprint density at radius 2 is 1.79 bits per heavy atom. The smallest absolute Gasteiger partial charge is 0.312 e. The van der Waals surface area contributed by atoms with Gasteiger partial charge in [-0.3, -0.25) is 14.6 Å². The van der Waals surface area contributed by atoms with Crippen molar-refractivity contribution in [3.05, 3.63) is 76.4 Å². The maximum Gasteiger partial charge on any atom is 0.312 e. The van der Waals surface area contributed by atoms with Crippen LogP contribution in [0.5, 0.6) is 23.0 Å². The predicted octanol–water partition coefficient (Wildman–Crippen LogP) is 4.02. The lowest BCUT2D eigenvalue weighted by Crippen LogP contribution is -2.22. The first-order valence-electron chi connectivity index (χ1n) is 10.2. The van der Waals surface area contributed by atoms with Crippen LogP contribution in [0.3, 0.4) is 0 Å². The van der Waals surface area contributed by atoms with Crippen LogP contribution in [0.2, 0.25) is 0 Å². The number of pyridine rings is 1. The highest BCUT2D eigenvalue weighted by Crippen LogP contribution is 2.45. The summed E-state index contributed by atoms with van der Waals surface area (Å²) in [6.07, 6.45) is 4.66. The second kappa shape index (κ2) is 7.98. The van der Waals surface area contributed by atoms with Gasteiger partial charge in [-0.2, -0.15) is 0 Å². The largest absolute Gasteiger partial charge is 0.507 e. The fourth-order valence-electron chi connectivity index (χ4n) is 4.22. The summed E-state index contributed by atoms with van der Waals surface area (Å²) in [7, 11) is 3.03. The van der Waals surface area contributed by atoms with Crippen LogP contribution in [0.4, 0.5) is 0 Å². The zero-order valence-corrected chi connectivity index (χ0v) is 17.8. The number of carbonyl (C=O) groups is 1. The van der Waals surface area contributed by atoms with Gasteiger partial charge >= 0.3 is 5.97 Å². The summed E-state index contributed by atoms with van der Waals surface area (Å²) in [5, 5.41) is 10.7. The first kappa shape index (κ1) is 20.6. The number of phenols is 1. The first-order chi connectivity index (χ1) is 16.0. The van der Waals surface area contributed by atoms with E-state index in [4.69, 9.17) is 18.6 Å². The van der Waals surface area contributed by atoms with E-state index in [1.165, 1.54) is 26.5 Å². The molecule has 166 valence electrons. The molecule has 2 aromatic heterocycles. The van der Waals surface area contributed by atoms with Crippen molar-refractivity contribution < 1.29 is 28.5 Å². The number of aromatic hydroxyl groups is 1. The van der Waals surface area contributed by atoms with Crippen LogP contribution in [-0.2, 0) is 4.79 Å². The average Bonchev–Trinajstić information content (AvgIpc) is 2.83. The van der Waals surface area contributed by atoms with Crippen molar-refractivity contribution in [2.45, 2.75) is 12.3 Å². The van der Waals surface area contributed by atoms with Gasteiger partial charge in [0.05, 0.1) is 26.2 Å². The predicted molar refractivity (Wildman–Crippen MR) is 119 cm³/mol. The molecular formula is C25H19NO7. The lowest BCUT2D eigenvalue weighted by atomic mass is 9.85. The van der Waals surface area contributed by atoms with Gasteiger partial charge < -0.3 is 23.7 Å². The van der Waals surface area contributed by atoms with E-state index < -0.39 is 17.3 Å². The van der Waals surface area contributed by atoms with Gasteiger partial charge in [0.1, 0.15) is 28.7 Å². The molecule has 0 bridgehead atoms. The highest BCUT2D eigenvalue weighted by atomic mass is 16.5. The summed E-state index contributed by atoms with van der Waals surface area (Å²) in [4.78, 5) is 29.8. The minimum absolute atomic E-state index is 0.0121. The van der Waals surface area contributed by atoms with E-state index in [0.29, 0.717) is 22.6 Å². The molecule has 8 heteroatoms. The molecule has 5 rings (SSSR count). The lowest BCUT2D eigenvalue weighted by molar-refractivity contribution is -0.135. The fourth-order valence-corrected chi connectivity index (χ4v) is 4.22. The summed E-state index contributed by atoms with van der Waals surface area (Å²) < 4.78 is 21.9. The number of hydrogen-bond acceptors (Lipinski definition) is 8. The Balaban J connectivity index is 1.75. The summed E-state index contributed by atoms with van der Waals surface area (Å²) in [6.45, 7) is 0. The van der Waals surface area contributed by atoms with Crippen molar-refractivity contribution in [3.8, 4) is 34.1 Å². The van der Waals surface area contributed by atoms with Gasteiger partial charge in [0, 0.05) is 29.9 Å². The normalized spacial score (nSPS) is 15.1. The van der Waals surface area contributed by atoms with Crippen LogP contribution in [0.15, 0.2) is 64.3 Å². The van der Waals surface area contributed by atoms with E-state index in [2.05, 4.69) is 4.98 Å². The topological polar surface area (TPSA) is 108 Å². The molecule has 0 spiro atoms. The maximum absolute atomic E-state index is 13.5. The van der Waals surface area contributed by atoms with Crippen LogP contribution < -0.4 is 19.6 Å². The number of phenolic OH excluding ortho intramolecular Hbond substituents is 1. The fraction of sp³-hybridized carbons (Fsp3) is 0.160. The molecule has 4 aromatic rings. The molecule has 0 saturated heterocycles.